The first kappa shape index (κ1) is 14.8. The van der Waals surface area contributed by atoms with Crippen LogP contribution in [0.5, 0.6) is 0 Å². The molecule has 0 aromatic heterocycles. The number of hydrogen-bond acceptors (Lipinski definition) is 4. The molecule has 0 spiro atoms. The first-order valence-corrected chi connectivity index (χ1v) is 6.23. The fourth-order valence-electron chi connectivity index (χ4n) is 1.81. The number of carbonyl (C=O) groups is 2. The number of nitrogens with zero attached hydrogens (tertiary/aromatic N) is 1. The minimum Gasteiger partial charge on any atom is -0.444 e. The minimum atomic E-state index is -0.482. The molecule has 6 nitrogen and oxygen atoms in total. The summed E-state index contributed by atoms with van der Waals surface area (Å²) >= 11 is 0. The highest BCUT2D eigenvalue weighted by atomic mass is 16.6. The van der Waals surface area contributed by atoms with Crippen molar-refractivity contribution in [1.82, 2.24) is 15.5 Å². The third-order valence-corrected chi connectivity index (χ3v) is 2.54. The Morgan fingerprint density at radius 3 is 2.61 bits per heavy atom. The smallest absolute Gasteiger partial charge is 0.410 e. The Hall–Kier alpha value is -1.30. The minimum absolute atomic E-state index is 0.0263. The zero-order valence-electron chi connectivity index (χ0n) is 11.6. The number of amides is 2. The Kier molecular flexibility index (Phi) is 4.95. The van der Waals surface area contributed by atoms with Gasteiger partial charge < -0.3 is 20.3 Å². The van der Waals surface area contributed by atoms with E-state index in [4.69, 9.17) is 4.74 Å². The van der Waals surface area contributed by atoms with Crippen molar-refractivity contribution < 1.29 is 14.3 Å². The monoisotopic (exact) mass is 257 g/mol. The number of carbonyl (C=O) groups excluding carboxylic acids is 2. The zero-order chi connectivity index (χ0) is 13.8. The van der Waals surface area contributed by atoms with Gasteiger partial charge in [-0.3, -0.25) is 4.79 Å². The molecule has 1 unspecified atom stereocenters. The summed E-state index contributed by atoms with van der Waals surface area (Å²) in [6.45, 7) is 6.96. The Morgan fingerprint density at radius 1 is 1.39 bits per heavy atom. The number of rotatable bonds is 3. The normalized spacial score (nSPS) is 19.8. The van der Waals surface area contributed by atoms with Gasteiger partial charge >= 0.3 is 6.09 Å². The molecular formula is C12H23N3O3. The molecule has 0 aromatic rings. The van der Waals surface area contributed by atoms with E-state index in [0.29, 0.717) is 19.6 Å². The average molecular weight is 257 g/mol. The van der Waals surface area contributed by atoms with Crippen LogP contribution in [0.4, 0.5) is 4.79 Å². The molecule has 2 N–H and O–H groups in total. The van der Waals surface area contributed by atoms with Gasteiger partial charge in [-0.25, -0.2) is 4.79 Å². The van der Waals surface area contributed by atoms with Gasteiger partial charge in [0.25, 0.3) is 0 Å². The fourth-order valence-corrected chi connectivity index (χ4v) is 1.81. The van der Waals surface area contributed by atoms with E-state index < -0.39 is 5.60 Å². The van der Waals surface area contributed by atoms with Crippen molar-refractivity contribution in [2.45, 2.75) is 38.8 Å². The van der Waals surface area contributed by atoms with Gasteiger partial charge in [0.2, 0.25) is 5.91 Å². The van der Waals surface area contributed by atoms with Crippen molar-refractivity contribution in [3.63, 3.8) is 0 Å². The van der Waals surface area contributed by atoms with Crippen LogP contribution in [0.3, 0.4) is 0 Å². The maximum Gasteiger partial charge on any atom is 0.410 e. The van der Waals surface area contributed by atoms with Crippen LogP contribution in [0.1, 0.15) is 27.2 Å². The number of nitrogens with one attached hydrogen (secondary N) is 2. The molecule has 6 heteroatoms. The lowest BCUT2D eigenvalue weighted by atomic mass is 10.2. The highest BCUT2D eigenvalue weighted by Crippen LogP contribution is 2.15. The van der Waals surface area contributed by atoms with E-state index in [1.54, 1.807) is 11.9 Å². The van der Waals surface area contributed by atoms with Crippen LogP contribution in [0.2, 0.25) is 0 Å². The zero-order valence-corrected chi connectivity index (χ0v) is 11.6. The summed E-state index contributed by atoms with van der Waals surface area (Å²) in [5, 5.41) is 5.67. The Balaban J connectivity index is 2.37. The molecule has 1 heterocycles. The predicted molar refractivity (Wildman–Crippen MR) is 68.3 cm³/mol. The quantitative estimate of drug-likeness (QED) is 0.764. The van der Waals surface area contributed by atoms with Gasteiger partial charge in [0.05, 0.1) is 6.54 Å². The second-order valence-electron chi connectivity index (χ2n) is 5.51. The Morgan fingerprint density at radius 2 is 2.06 bits per heavy atom. The van der Waals surface area contributed by atoms with Crippen LogP contribution >= 0.6 is 0 Å². The van der Waals surface area contributed by atoms with Crippen LogP contribution in [-0.2, 0) is 9.53 Å². The summed E-state index contributed by atoms with van der Waals surface area (Å²) in [5.74, 6) is -0.0476. The molecule has 0 saturated carbocycles. The van der Waals surface area contributed by atoms with Crippen molar-refractivity contribution in [3.8, 4) is 0 Å². The van der Waals surface area contributed by atoms with Gasteiger partial charge in [-0.15, -0.1) is 0 Å². The predicted octanol–water partition coefficient (Wildman–Crippen LogP) is 0.331. The lowest BCUT2D eigenvalue weighted by molar-refractivity contribution is -0.120. The lowest BCUT2D eigenvalue weighted by Crippen LogP contribution is -2.42. The molecule has 1 rings (SSSR count). The fraction of sp³-hybridized carbons (Fsp3) is 0.833. The van der Waals surface area contributed by atoms with Crippen molar-refractivity contribution in [2.75, 3.05) is 26.7 Å². The Bertz CT molecular complexity index is 312. The topological polar surface area (TPSA) is 70.7 Å². The highest BCUT2D eigenvalue weighted by molar-refractivity contribution is 5.78. The second kappa shape index (κ2) is 6.04. The van der Waals surface area contributed by atoms with Gasteiger partial charge in [-0.2, -0.15) is 0 Å². The molecule has 1 aliphatic rings. The Labute approximate surface area is 108 Å². The van der Waals surface area contributed by atoms with Crippen molar-refractivity contribution in [3.05, 3.63) is 0 Å². The van der Waals surface area contributed by atoms with Gasteiger partial charge in [0, 0.05) is 19.1 Å². The molecule has 18 heavy (non-hydrogen) atoms. The molecule has 0 radical (unpaired) electrons. The van der Waals surface area contributed by atoms with E-state index in [1.165, 1.54) is 0 Å². The summed E-state index contributed by atoms with van der Waals surface area (Å²) in [7, 11) is 1.72. The summed E-state index contributed by atoms with van der Waals surface area (Å²) in [6.07, 6.45) is 0.460. The van der Waals surface area contributed by atoms with Crippen LogP contribution < -0.4 is 10.6 Å². The van der Waals surface area contributed by atoms with Crippen LogP contribution in [0.25, 0.3) is 0 Å². The van der Waals surface area contributed by atoms with E-state index in [1.807, 2.05) is 20.8 Å². The molecule has 0 bridgehead atoms. The molecule has 104 valence electrons. The van der Waals surface area contributed by atoms with Crippen LogP contribution in [0.15, 0.2) is 0 Å². The van der Waals surface area contributed by atoms with Gasteiger partial charge in [0.1, 0.15) is 5.60 Å². The maximum absolute atomic E-state index is 11.8. The summed E-state index contributed by atoms with van der Waals surface area (Å²) in [4.78, 5) is 24.8. The van der Waals surface area contributed by atoms with Gasteiger partial charge in [-0.05, 0) is 34.2 Å². The maximum atomic E-state index is 11.8. The highest BCUT2D eigenvalue weighted by Gasteiger charge is 2.30. The van der Waals surface area contributed by atoms with Crippen LogP contribution in [0, 0.1) is 0 Å². The third-order valence-electron chi connectivity index (χ3n) is 2.54. The number of likely N-dealkylation sites (tertiary alicyclic amines) is 1. The summed E-state index contributed by atoms with van der Waals surface area (Å²) < 4.78 is 5.28. The lowest BCUT2D eigenvalue weighted by Gasteiger charge is -2.24. The second-order valence-corrected chi connectivity index (χ2v) is 5.51. The molecule has 0 aromatic carbocycles. The standard InChI is InChI=1S/C12H23N3O3/c1-12(2,3)18-11(17)15-6-5-9(8-15)14-10(16)7-13-4/h9,13H,5-8H2,1-4H3,(H,14,16). The summed E-state index contributed by atoms with van der Waals surface area (Å²) in [6, 6.07) is 0.0263. The molecule has 1 atom stereocenters. The molecule has 1 fully saturated rings. The number of likely N-dealkylation sites (N-methyl/N-ethyl adjacent to an activating group) is 1. The van der Waals surface area contributed by atoms with Crippen molar-refractivity contribution in [1.29, 1.82) is 0 Å². The van der Waals surface area contributed by atoms with Gasteiger partial charge in [-0.1, -0.05) is 0 Å². The van der Waals surface area contributed by atoms with Crippen molar-refractivity contribution >= 4 is 12.0 Å². The first-order valence-electron chi connectivity index (χ1n) is 6.23. The van der Waals surface area contributed by atoms with E-state index in [9.17, 15) is 9.59 Å². The molecule has 1 saturated heterocycles. The van der Waals surface area contributed by atoms with E-state index in [2.05, 4.69) is 10.6 Å². The van der Waals surface area contributed by atoms with E-state index in [0.717, 1.165) is 6.42 Å². The molecular weight excluding hydrogens is 234 g/mol. The first-order chi connectivity index (χ1) is 8.31. The third kappa shape index (κ3) is 4.91. The van der Waals surface area contributed by atoms with E-state index >= 15 is 0 Å². The van der Waals surface area contributed by atoms with E-state index in [-0.39, 0.29) is 18.0 Å². The largest absolute Gasteiger partial charge is 0.444 e. The summed E-state index contributed by atoms with van der Waals surface area (Å²) in [5.41, 5.74) is -0.482. The number of hydrogen-bond donors (Lipinski definition) is 2. The van der Waals surface area contributed by atoms with Gasteiger partial charge in [0.15, 0.2) is 0 Å². The van der Waals surface area contributed by atoms with Crippen LogP contribution in [-0.4, -0.2) is 55.2 Å². The number of ether oxygens (including phenoxy) is 1. The SMILES string of the molecule is CNCC(=O)NC1CCN(C(=O)OC(C)(C)C)C1. The molecule has 0 aliphatic carbocycles. The van der Waals surface area contributed by atoms with Crippen molar-refractivity contribution in [2.24, 2.45) is 0 Å². The average Bonchev–Trinajstić information content (AvgIpc) is 2.63. The molecule has 2 amide bonds. The molecule has 1 aliphatic heterocycles.